The van der Waals surface area contributed by atoms with Crippen LogP contribution in [0.3, 0.4) is 0 Å². The van der Waals surface area contributed by atoms with Gasteiger partial charge in [-0.1, -0.05) is 97.3 Å². The van der Waals surface area contributed by atoms with Crippen LogP contribution in [0.15, 0.2) is 0 Å². The zero-order valence-electron chi connectivity index (χ0n) is 17.0. The van der Waals surface area contributed by atoms with Crippen LogP contribution in [-0.4, -0.2) is 37.6 Å². The summed E-state index contributed by atoms with van der Waals surface area (Å²) in [6.45, 7) is 10.9. The molecule has 0 saturated carbocycles. The fraction of sp³-hybridized carbons (Fsp3) is 1.00. The predicted octanol–water partition coefficient (Wildman–Crippen LogP) is 6.01. The molecule has 0 aromatic rings. The normalized spacial score (nSPS) is 16.1. The maximum Gasteiger partial charge on any atom is 0.0107 e. The minimum atomic E-state index is 0.895. The number of unbranched alkanes of at least 4 members (excludes halogenated alkanes) is 12. The van der Waals surface area contributed by atoms with Crippen molar-refractivity contribution in [3.05, 3.63) is 0 Å². The molecule has 1 saturated heterocycles. The highest BCUT2D eigenvalue weighted by Gasteiger charge is 2.07. The van der Waals surface area contributed by atoms with E-state index in [0.717, 1.165) is 5.92 Å². The van der Waals surface area contributed by atoms with Gasteiger partial charge >= 0.3 is 0 Å². The summed E-state index contributed by atoms with van der Waals surface area (Å²) in [6, 6.07) is 0. The number of hydrogen-bond donors (Lipinski definition) is 1. The summed E-state index contributed by atoms with van der Waals surface area (Å²) in [5, 5.41) is 3.43. The molecule has 1 N–H and O–H groups in total. The topological polar surface area (TPSA) is 15.3 Å². The van der Waals surface area contributed by atoms with Crippen LogP contribution >= 0.6 is 0 Å². The maximum atomic E-state index is 3.43. The van der Waals surface area contributed by atoms with Gasteiger partial charge < -0.3 is 10.2 Å². The largest absolute Gasteiger partial charge is 0.314 e. The van der Waals surface area contributed by atoms with Gasteiger partial charge in [0.1, 0.15) is 0 Å². The molecule has 144 valence electrons. The van der Waals surface area contributed by atoms with Crippen LogP contribution < -0.4 is 5.32 Å². The molecule has 0 aromatic heterocycles. The first-order valence-electron chi connectivity index (χ1n) is 11.2. The van der Waals surface area contributed by atoms with Gasteiger partial charge in [0.15, 0.2) is 0 Å². The van der Waals surface area contributed by atoms with Crippen molar-refractivity contribution in [1.82, 2.24) is 10.2 Å². The van der Waals surface area contributed by atoms with Crippen molar-refractivity contribution in [3.8, 4) is 0 Å². The highest BCUT2D eigenvalue weighted by atomic mass is 15.2. The molecular formula is C22H46N2. The van der Waals surface area contributed by atoms with Gasteiger partial charge in [-0.25, -0.2) is 0 Å². The Morgan fingerprint density at radius 1 is 0.625 bits per heavy atom. The zero-order valence-corrected chi connectivity index (χ0v) is 17.0. The van der Waals surface area contributed by atoms with Crippen LogP contribution in [0.5, 0.6) is 0 Å². The Balaban J connectivity index is 1.67. The quantitative estimate of drug-likeness (QED) is 0.347. The van der Waals surface area contributed by atoms with E-state index >= 15 is 0 Å². The molecule has 0 bridgehead atoms. The monoisotopic (exact) mass is 338 g/mol. The number of piperazine rings is 1. The predicted molar refractivity (Wildman–Crippen MR) is 109 cm³/mol. The average Bonchev–Trinajstić information content (AvgIpc) is 2.59. The molecule has 0 amide bonds. The highest BCUT2D eigenvalue weighted by Crippen LogP contribution is 2.14. The Morgan fingerprint density at radius 3 is 1.50 bits per heavy atom. The standard InChI is InChI=1S/C22H46N2/c1-22(2)16-14-12-10-8-6-4-3-5-7-9-11-13-15-19-24-20-17-23-18-21-24/h22-23H,3-21H2,1-2H3. The fourth-order valence-corrected chi connectivity index (χ4v) is 3.77. The summed E-state index contributed by atoms with van der Waals surface area (Å²) in [4.78, 5) is 2.62. The Bertz CT molecular complexity index is 246. The minimum Gasteiger partial charge on any atom is -0.314 e. The number of hydrogen-bond acceptors (Lipinski definition) is 2. The van der Waals surface area contributed by atoms with Crippen molar-refractivity contribution in [2.45, 2.75) is 104 Å². The van der Waals surface area contributed by atoms with E-state index < -0.39 is 0 Å². The van der Waals surface area contributed by atoms with Crippen LogP contribution in [0, 0.1) is 5.92 Å². The second-order valence-electron chi connectivity index (χ2n) is 8.37. The second-order valence-corrected chi connectivity index (χ2v) is 8.37. The molecule has 2 heteroatoms. The fourth-order valence-electron chi connectivity index (χ4n) is 3.77. The summed E-state index contributed by atoms with van der Waals surface area (Å²) in [5.74, 6) is 0.895. The first-order chi connectivity index (χ1) is 11.8. The van der Waals surface area contributed by atoms with Gasteiger partial charge in [-0.2, -0.15) is 0 Å². The Labute approximate surface area is 153 Å². The minimum absolute atomic E-state index is 0.895. The van der Waals surface area contributed by atoms with Crippen LogP contribution in [0.1, 0.15) is 104 Å². The van der Waals surface area contributed by atoms with Gasteiger partial charge in [-0.15, -0.1) is 0 Å². The summed E-state index contributed by atoms with van der Waals surface area (Å²) in [5.41, 5.74) is 0. The lowest BCUT2D eigenvalue weighted by atomic mass is 10.0. The van der Waals surface area contributed by atoms with Crippen molar-refractivity contribution in [3.63, 3.8) is 0 Å². The van der Waals surface area contributed by atoms with Crippen molar-refractivity contribution in [1.29, 1.82) is 0 Å². The van der Waals surface area contributed by atoms with Crippen molar-refractivity contribution < 1.29 is 0 Å². The Hall–Kier alpha value is -0.0800. The van der Waals surface area contributed by atoms with Crippen molar-refractivity contribution in [2.75, 3.05) is 32.7 Å². The van der Waals surface area contributed by atoms with Gasteiger partial charge in [0.25, 0.3) is 0 Å². The van der Waals surface area contributed by atoms with E-state index in [0.29, 0.717) is 0 Å². The van der Waals surface area contributed by atoms with E-state index in [1.807, 2.05) is 0 Å². The Kier molecular flexibility index (Phi) is 15.0. The molecule has 0 atom stereocenters. The van der Waals surface area contributed by atoms with Gasteiger partial charge in [0, 0.05) is 26.2 Å². The molecule has 0 unspecified atom stereocenters. The molecule has 2 nitrogen and oxygen atoms in total. The molecule has 1 heterocycles. The molecular weight excluding hydrogens is 292 g/mol. The van der Waals surface area contributed by atoms with Gasteiger partial charge in [0.05, 0.1) is 0 Å². The second kappa shape index (κ2) is 16.4. The molecule has 1 rings (SSSR count). The lowest BCUT2D eigenvalue weighted by molar-refractivity contribution is 0.236. The maximum absolute atomic E-state index is 3.43. The molecule has 0 radical (unpaired) electrons. The molecule has 1 aliphatic heterocycles. The first-order valence-corrected chi connectivity index (χ1v) is 11.2. The van der Waals surface area contributed by atoms with Gasteiger partial charge in [-0.3, -0.25) is 0 Å². The Morgan fingerprint density at radius 2 is 1.04 bits per heavy atom. The smallest absolute Gasteiger partial charge is 0.0107 e. The van der Waals surface area contributed by atoms with Gasteiger partial charge in [-0.05, 0) is 18.9 Å². The number of rotatable bonds is 16. The van der Waals surface area contributed by atoms with E-state index in [4.69, 9.17) is 0 Å². The third-order valence-electron chi connectivity index (χ3n) is 5.47. The van der Waals surface area contributed by atoms with Gasteiger partial charge in [0.2, 0.25) is 0 Å². The van der Waals surface area contributed by atoms with Crippen LogP contribution in [0.25, 0.3) is 0 Å². The average molecular weight is 339 g/mol. The summed E-state index contributed by atoms with van der Waals surface area (Å²) in [6.07, 6.45) is 20.5. The number of nitrogens with one attached hydrogen (secondary N) is 1. The molecule has 0 aliphatic carbocycles. The lowest BCUT2D eigenvalue weighted by Gasteiger charge is -2.27. The third kappa shape index (κ3) is 14.3. The van der Waals surface area contributed by atoms with E-state index in [1.54, 1.807) is 0 Å². The van der Waals surface area contributed by atoms with Crippen molar-refractivity contribution >= 4 is 0 Å². The molecule has 24 heavy (non-hydrogen) atoms. The van der Waals surface area contributed by atoms with Crippen LogP contribution in [0.4, 0.5) is 0 Å². The molecule has 1 fully saturated rings. The summed E-state index contributed by atoms with van der Waals surface area (Å²) < 4.78 is 0. The summed E-state index contributed by atoms with van der Waals surface area (Å²) >= 11 is 0. The zero-order chi connectivity index (χ0) is 17.3. The lowest BCUT2D eigenvalue weighted by Crippen LogP contribution is -2.43. The van der Waals surface area contributed by atoms with Crippen molar-refractivity contribution in [2.24, 2.45) is 5.92 Å². The summed E-state index contributed by atoms with van der Waals surface area (Å²) in [7, 11) is 0. The molecule has 1 aliphatic rings. The van der Waals surface area contributed by atoms with Crippen LogP contribution in [-0.2, 0) is 0 Å². The van der Waals surface area contributed by atoms with E-state index in [-0.39, 0.29) is 0 Å². The van der Waals surface area contributed by atoms with E-state index in [1.165, 1.54) is 123 Å². The highest BCUT2D eigenvalue weighted by molar-refractivity contribution is 4.67. The molecule has 0 aromatic carbocycles. The number of nitrogens with zero attached hydrogens (tertiary/aromatic N) is 1. The van der Waals surface area contributed by atoms with E-state index in [2.05, 4.69) is 24.1 Å². The molecule has 0 spiro atoms. The SMILES string of the molecule is CC(C)CCCCCCCCCCCCCCCN1CCNCC1. The first kappa shape index (κ1) is 22.0. The van der Waals surface area contributed by atoms with Crippen LogP contribution in [0.2, 0.25) is 0 Å². The van der Waals surface area contributed by atoms with E-state index in [9.17, 15) is 0 Å². The third-order valence-corrected chi connectivity index (χ3v) is 5.47.